The molecule has 170 valence electrons. The third kappa shape index (κ3) is 4.30. The van der Waals surface area contributed by atoms with Crippen LogP contribution in [0.1, 0.15) is 50.1 Å². The summed E-state index contributed by atoms with van der Waals surface area (Å²) in [4.78, 5) is 39.0. The molecule has 9 heteroatoms. The van der Waals surface area contributed by atoms with Gasteiger partial charge in [-0.2, -0.15) is 0 Å². The first-order chi connectivity index (χ1) is 15.9. The minimum Gasteiger partial charge on any atom is -0.349 e. The van der Waals surface area contributed by atoms with Crippen LogP contribution in [0.3, 0.4) is 0 Å². The quantitative estimate of drug-likeness (QED) is 0.424. The second-order valence-electron chi connectivity index (χ2n) is 8.36. The van der Waals surface area contributed by atoms with Gasteiger partial charge in [0, 0.05) is 30.7 Å². The number of fused-ring (bicyclic) bond motifs is 1. The molecule has 0 radical (unpaired) electrons. The molecule has 1 aromatic carbocycles. The monoisotopic (exact) mass is 479 g/mol. The van der Waals surface area contributed by atoms with Crippen molar-refractivity contribution in [1.82, 2.24) is 24.6 Å². The van der Waals surface area contributed by atoms with Crippen molar-refractivity contribution in [3.63, 3.8) is 0 Å². The molecule has 33 heavy (non-hydrogen) atoms. The van der Waals surface area contributed by atoms with E-state index in [1.807, 2.05) is 53.8 Å². The van der Waals surface area contributed by atoms with Crippen molar-refractivity contribution < 1.29 is 9.59 Å². The molecule has 3 aromatic heterocycles. The zero-order valence-corrected chi connectivity index (χ0v) is 20.4. The van der Waals surface area contributed by atoms with E-state index in [0.29, 0.717) is 30.2 Å². The van der Waals surface area contributed by atoms with Crippen molar-refractivity contribution >= 4 is 39.4 Å². The van der Waals surface area contributed by atoms with Gasteiger partial charge in [0.15, 0.2) is 4.96 Å². The van der Waals surface area contributed by atoms with E-state index in [2.05, 4.69) is 27.4 Å². The van der Waals surface area contributed by atoms with Gasteiger partial charge < -0.3 is 10.2 Å². The molecule has 5 rings (SSSR count). The van der Waals surface area contributed by atoms with Gasteiger partial charge >= 0.3 is 0 Å². The maximum absolute atomic E-state index is 13.5. The lowest BCUT2D eigenvalue weighted by Gasteiger charge is -2.22. The van der Waals surface area contributed by atoms with Crippen LogP contribution in [0.2, 0.25) is 0 Å². The van der Waals surface area contributed by atoms with Gasteiger partial charge in [0.25, 0.3) is 11.8 Å². The number of nitrogens with zero attached hydrogens (tertiary/aromatic N) is 4. The SMILES string of the molecule is Cc1ccc(-c2sc(C)nc2C(=O)N(CCNC(=O)c2c(C)nc3sccn23)C2CC2)cc1. The number of hydrogen-bond donors (Lipinski definition) is 1. The molecule has 0 aliphatic heterocycles. The van der Waals surface area contributed by atoms with E-state index >= 15 is 0 Å². The smallest absolute Gasteiger partial charge is 0.274 e. The summed E-state index contributed by atoms with van der Waals surface area (Å²) in [6.07, 6.45) is 3.83. The van der Waals surface area contributed by atoms with E-state index < -0.39 is 0 Å². The predicted molar refractivity (Wildman–Crippen MR) is 131 cm³/mol. The predicted octanol–water partition coefficient (Wildman–Crippen LogP) is 4.48. The van der Waals surface area contributed by atoms with Crippen LogP contribution >= 0.6 is 22.7 Å². The highest BCUT2D eigenvalue weighted by Crippen LogP contribution is 2.34. The Morgan fingerprint density at radius 3 is 2.64 bits per heavy atom. The van der Waals surface area contributed by atoms with Crippen LogP contribution in [0.15, 0.2) is 35.8 Å². The molecule has 1 aliphatic rings. The third-order valence-electron chi connectivity index (χ3n) is 5.79. The van der Waals surface area contributed by atoms with Gasteiger partial charge in [0.05, 0.1) is 15.6 Å². The number of hydrogen-bond acceptors (Lipinski definition) is 6. The summed E-state index contributed by atoms with van der Waals surface area (Å²) < 4.78 is 1.81. The van der Waals surface area contributed by atoms with E-state index in [-0.39, 0.29) is 17.9 Å². The maximum atomic E-state index is 13.5. The average molecular weight is 480 g/mol. The van der Waals surface area contributed by atoms with E-state index in [1.165, 1.54) is 16.9 Å². The van der Waals surface area contributed by atoms with Gasteiger partial charge in [-0.25, -0.2) is 9.97 Å². The summed E-state index contributed by atoms with van der Waals surface area (Å²) in [6, 6.07) is 8.40. The molecule has 0 unspecified atom stereocenters. The lowest BCUT2D eigenvalue weighted by molar-refractivity contribution is 0.0731. The molecule has 1 aliphatic carbocycles. The van der Waals surface area contributed by atoms with Crippen molar-refractivity contribution in [2.45, 2.75) is 39.7 Å². The molecular formula is C24H25N5O2S2. The lowest BCUT2D eigenvalue weighted by Crippen LogP contribution is -2.40. The Labute approximate surface area is 200 Å². The molecule has 1 saturated carbocycles. The first kappa shape index (κ1) is 21.8. The van der Waals surface area contributed by atoms with Gasteiger partial charge in [-0.3, -0.25) is 14.0 Å². The number of nitrogens with one attached hydrogen (secondary N) is 1. The van der Waals surface area contributed by atoms with Crippen LogP contribution in [-0.2, 0) is 0 Å². The number of thiazole rings is 2. The third-order valence-corrected chi connectivity index (χ3v) is 7.57. The van der Waals surface area contributed by atoms with Gasteiger partial charge in [-0.1, -0.05) is 29.8 Å². The summed E-state index contributed by atoms with van der Waals surface area (Å²) in [5, 5.41) is 5.76. The van der Waals surface area contributed by atoms with E-state index in [4.69, 9.17) is 0 Å². The van der Waals surface area contributed by atoms with Crippen LogP contribution in [0.25, 0.3) is 15.4 Å². The number of amides is 2. The summed E-state index contributed by atoms with van der Waals surface area (Å²) in [6.45, 7) is 6.64. The number of rotatable bonds is 7. The molecular weight excluding hydrogens is 454 g/mol. The topological polar surface area (TPSA) is 79.6 Å². The number of carbonyl (C=O) groups excluding carboxylic acids is 2. The van der Waals surface area contributed by atoms with Crippen LogP contribution < -0.4 is 5.32 Å². The standard InChI is InChI=1S/C24H25N5O2S2/c1-14-4-6-17(7-5-14)21-19(27-16(3)33-21)23(31)28(18-8-9-18)11-10-25-22(30)20-15(2)26-24-29(20)12-13-32-24/h4-7,12-13,18H,8-11H2,1-3H3,(H,25,30). The summed E-state index contributed by atoms with van der Waals surface area (Å²) in [5.41, 5.74) is 3.94. The van der Waals surface area contributed by atoms with Crippen molar-refractivity contribution in [1.29, 1.82) is 0 Å². The fraction of sp³-hybridized carbons (Fsp3) is 0.333. The number of carbonyl (C=O) groups is 2. The van der Waals surface area contributed by atoms with Crippen LogP contribution in [0.5, 0.6) is 0 Å². The second kappa shape index (κ2) is 8.72. The Hall–Kier alpha value is -3.04. The van der Waals surface area contributed by atoms with Crippen molar-refractivity contribution in [3.05, 3.63) is 63.5 Å². The van der Waals surface area contributed by atoms with Crippen molar-refractivity contribution in [2.24, 2.45) is 0 Å². The maximum Gasteiger partial charge on any atom is 0.274 e. The number of imidazole rings is 1. The zero-order chi connectivity index (χ0) is 23.1. The van der Waals surface area contributed by atoms with Gasteiger partial charge in [0.2, 0.25) is 0 Å². The molecule has 4 aromatic rings. The van der Waals surface area contributed by atoms with Crippen LogP contribution in [-0.4, -0.2) is 50.2 Å². The van der Waals surface area contributed by atoms with Crippen molar-refractivity contribution in [2.75, 3.05) is 13.1 Å². The van der Waals surface area contributed by atoms with Crippen LogP contribution in [0, 0.1) is 20.8 Å². The molecule has 0 bridgehead atoms. The van der Waals surface area contributed by atoms with Gasteiger partial charge in [0.1, 0.15) is 11.4 Å². The molecule has 1 N–H and O–H groups in total. The average Bonchev–Trinajstić information content (AvgIpc) is 3.27. The molecule has 7 nitrogen and oxygen atoms in total. The molecule has 1 fully saturated rings. The molecule has 2 amide bonds. The Morgan fingerprint density at radius 2 is 1.91 bits per heavy atom. The normalized spacial score (nSPS) is 13.4. The summed E-state index contributed by atoms with van der Waals surface area (Å²) in [7, 11) is 0. The largest absolute Gasteiger partial charge is 0.349 e. The summed E-state index contributed by atoms with van der Waals surface area (Å²) in [5.74, 6) is -0.237. The molecule has 0 atom stereocenters. The number of benzene rings is 1. The fourth-order valence-electron chi connectivity index (χ4n) is 3.99. The first-order valence-electron chi connectivity index (χ1n) is 11.0. The second-order valence-corrected chi connectivity index (χ2v) is 10.4. The minimum atomic E-state index is -0.175. The highest BCUT2D eigenvalue weighted by molar-refractivity contribution is 7.15. The minimum absolute atomic E-state index is 0.0626. The van der Waals surface area contributed by atoms with Crippen molar-refractivity contribution in [3.8, 4) is 10.4 Å². The van der Waals surface area contributed by atoms with E-state index in [0.717, 1.165) is 33.3 Å². The lowest BCUT2D eigenvalue weighted by atomic mass is 10.1. The zero-order valence-electron chi connectivity index (χ0n) is 18.8. The number of aryl methyl sites for hydroxylation is 3. The van der Waals surface area contributed by atoms with Gasteiger partial charge in [-0.05, 0) is 39.2 Å². The van der Waals surface area contributed by atoms with E-state index in [9.17, 15) is 9.59 Å². The van der Waals surface area contributed by atoms with Crippen LogP contribution in [0.4, 0.5) is 0 Å². The summed E-state index contributed by atoms with van der Waals surface area (Å²) >= 11 is 3.04. The van der Waals surface area contributed by atoms with E-state index in [1.54, 1.807) is 11.3 Å². The Bertz CT molecular complexity index is 1330. The molecule has 0 saturated heterocycles. The highest BCUT2D eigenvalue weighted by Gasteiger charge is 2.35. The number of aromatic nitrogens is 3. The van der Waals surface area contributed by atoms with Gasteiger partial charge in [-0.15, -0.1) is 22.7 Å². The Kier molecular flexibility index (Phi) is 5.76. The Morgan fingerprint density at radius 1 is 1.15 bits per heavy atom. The molecule has 3 heterocycles. The fourth-order valence-corrected chi connectivity index (χ4v) is 5.66. The Balaban J connectivity index is 1.31. The first-order valence-corrected chi connectivity index (χ1v) is 12.7. The molecule has 0 spiro atoms. The highest BCUT2D eigenvalue weighted by atomic mass is 32.1.